The highest BCUT2D eigenvalue weighted by Crippen LogP contribution is 2.25. The Balaban J connectivity index is 2.01. The topological polar surface area (TPSA) is 72.5 Å². The highest BCUT2D eigenvalue weighted by Gasteiger charge is 2.21. The molecule has 0 saturated carbocycles. The number of esters is 1. The molecule has 1 atom stereocenters. The number of ether oxygens (including phenoxy) is 1. The van der Waals surface area contributed by atoms with Crippen LogP contribution in [0.25, 0.3) is 0 Å². The Morgan fingerprint density at radius 1 is 1.00 bits per heavy atom. The Bertz CT molecular complexity index is 776. The summed E-state index contributed by atoms with van der Waals surface area (Å²) < 4.78 is 4.69. The maximum Gasteiger partial charge on any atom is 0.307 e. The van der Waals surface area contributed by atoms with E-state index in [9.17, 15) is 14.4 Å². The molecule has 5 nitrogen and oxygen atoms in total. The molecule has 0 bridgehead atoms. The fraction of sp³-hybridized carbons (Fsp3) is 0.250. The zero-order valence-corrected chi connectivity index (χ0v) is 15.2. The van der Waals surface area contributed by atoms with Gasteiger partial charge in [0.05, 0.1) is 19.6 Å². The molecule has 0 fully saturated rings. The van der Waals surface area contributed by atoms with Gasteiger partial charge < -0.3 is 10.1 Å². The van der Waals surface area contributed by atoms with Gasteiger partial charge in [-0.05, 0) is 11.6 Å². The fourth-order valence-corrected chi connectivity index (χ4v) is 2.78. The van der Waals surface area contributed by atoms with E-state index in [1.54, 1.807) is 48.5 Å². The van der Waals surface area contributed by atoms with Crippen molar-refractivity contribution in [3.63, 3.8) is 0 Å². The van der Waals surface area contributed by atoms with Crippen molar-refractivity contribution in [3.05, 3.63) is 70.7 Å². The molecule has 0 aromatic heterocycles. The average molecular weight is 374 g/mol. The van der Waals surface area contributed by atoms with E-state index in [0.717, 1.165) is 0 Å². The van der Waals surface area contributed by atoms with Crippen LogP contribution in [0.15, 0.2) is 54.6 Å². The molecule has 0 radical (unpaired) electrons. The normalized spacial score (nSPS) is 11.5. The predicted octanol–water partition coefficient (Wildman–Crippen LogP) is 3.72. The average Bonchev–Trinajstić information content (AvgIpc) is 2.66. The molecule has 0 saturated heterocycles. The van der Waals surface area contributed by atoms with Gasteiger partial charge >= 0.3 is 5.97 Å². The summed E-state index contributed by atoms with van der Waals surface area (Å²) in [6.07, 6.45) is 0.0672. The van der Waals surface area contributed by atoms with Crippen LogP contribution >= 0.6 is 11.6 Å². The number of methoxy groups -OCH3 is 1. The van der Waals surface area contributed by atoms with Gasteiger partial charge in [-0.15, -0.1) is 0 Å². The first-order valence-corrected chi connectivity index (χ1v) is 8.58. The molecule has 0 spiro atoms. The number of carbonyl (C=O) groups excluding carboxylic acids is 3. The fourth-order valence-electron chi connectivity index (χ4n) is 2.51. The molecule has 2 aromatic rings. The quantitative estimate of drug-likeness (QED) is 0.565. The minimum Gasteiger partial charge on any atom is -0.469 e. The molecule has 1 amide bonds. The molecule has 0 unspecified atom stereocenters. The molecular weight excluding hydrogens is 354 g/mol. The summed E-state index contributed by atoms with van der Waals surface area (Å²) in [6.45, 7) is 0. The Morgan fingerprint density at radius 2 is 1.65 bits per heavy atom. The second kappa shape index (κ2) is 9.73. The third kappa shape index (κ3) is 5.70. The second-order valence-electron chi connectivity index (χ2n) is 5.71. The number of amides is 1. The van der Waals surface area contributed by atoms with Gasteiger partial charge in [0.15, 0.2) is 5.78 Å². The summed E-state index contributed by atoms with van der Waals surface area (Å²) in [5.41, 5.74) is 1.19. The van der Waals surface area contributed by atoms with E-state index in [1.165, 1.54) is 7.11 Å². The molecule has 2 rings (SSSR count). The van der Waals surface area contributed by atoms with E-state index in [2.05, 4.69) is 5.32 Å². The van der Waals surface area contributed by atoms with Crippen LogP contribution in [0, 0.1) is 0 Å². The smallest absolute Gasteiger partial charge is 0.307 e. The Hall–Kier alpha value is -2.66. The van der Waals surface area contributed by atoms with E-state index in [-0.39, 0.29) is 31.0 Å². The maximum absolute atomic E-state index is 12.3. The lowest BCUT2D eigenvalue weighted by Gasteiger charge is -2.19. The molecule has 136 valence electrons. The first-order chi connectivity index (χ1) is 12.5. The van der Waals surface area contributed by atoms with E-state index in [4.69, 9.17) is 16.3 Å². The van der Waals surface area contributed by atoms with Gasteiger partial charge in [-0.2, -0.15) is 0 Å². The lowest BCUT2D eigenvalue weighted by molar-refractivity contribution is -0.141. The van der Waals surface area contributed by atoms with Gasteiger partial charge in [0.25, 0.3) is 0 Å². The monoisotopic (exact) mass is 373 g/mol. The van der Waals surface area contributed by atoms with Gasteiger partial charge in [0.1, 0.15) is 0 Å². The molecule has 1 N–H and O–H groups in total. The summed E-state index contributed by atoms with van der Waals surface area (Å²) in [5, 5.41) is 3.22. The summed E-state index contributed by atoms with van der Waals surface area (Å²) in [4.78, 5) is 36.1. The third-order valence-corrected chi connectivity index (χ3v) is 4.23. The van der Waals surface area contributed by atoms with Crippen LogP contribution in [0.2, 0.25) is 5.02 Å². The lowest BCUT2D eigenvalue weighted by Crippen LogP contribution is -2.31. The molecule has 2 aromatic carbocycles. The van der Waals surface area contributed by atoms with Gasteiger partial charge in [-0.1, -0.05) is 60.1 Å². The van der Waals surface area contributed by atoms with Gasteiger partial charge in [0.2, 0.25) is 5.91 Å². The Labute approximate surface area is 157 Å². The van der Waals surface area contributed by atoms with Crippen molar-refractivity contribution >= 4 is 29.3 Å². The van der Waals surface area contributed by atoms with Gasteiger partial charge in [-0.3, -0.25) is 14.4 Å². The van der Waals surface area contributed by atoms with Crippen LogP contribution in [0.1, 0.15) is 41.2 Å². The van der Waals surface area contributed by atoms with Crippen LogP contribution in [-0.4, -0.2) is 24.8 Å². The summed E-state index contributed by atoms with van der Waals surface area (Å²) in [7, 11) is 1.28. The van der Waals surface area contributed by atoms with Crippen LogP contribution in [0.5, 0.6) is 0 Å². The first-order valence-electron chi connectivity index (χ1n) is 8.20. The highest BCUT2D eigenvalue weighted by atomic mass is 35.5. The van der Waals surface area contributed by atoms with E-state index < -0.39 is 12.0 Å². The van der Waals surface area contributed by atoms with Gasteiger partial charge in [0, 0.05) is 23.4 Å². The van der Waals surface area contributed by atoms with Crippen molar-refractivity contribution in [2.45, 2.75) is 25.3 Å². The summed E-state index contributed by atoms with van der Waals surface area (Å²) in [5.74, 6) is -0.901. The standard InChI is InChI=1S/C20H20ClNO4/c1-26-20(25)13-17(15-9-5-6-10-16(15)21)22-19(24)12-11-18(23)14-7-3-2-4-8-14/h2-10,17H,11-13H2,1H3,(H,22,24)/t17-/m1/s1. The number of halogens is 1. The second-order valence-corrected chi connectivity index (χ2v) is 6.12. The number of hydrogen-bond acceptors (Lipinski definition) is 4. The number of nitrogens with one attached hydrogen (secondary N) is 1. The predicted molar refractivity (Wildman–Crippen MR) is 99.0 cm³/mol. The molecule has 0 aliphatic carbocycles. The van der Waals surface area contributed by atoms with Crippen molar-refractivity contribution in [3.8, 4) is 0 Å². The minimum atomic E-state index is -0.615. The molecule has 0 aliphatic heterocycles. The SMILES string of the molecule is COC(=O)C[C@@H](NC(=O)CCC(=O)c1ccccc1)c1ccccc1Cl. The van der Waals surface area contributed by atoms with Gasteiger partial charge in [-0.25, -0.2) is 0 Å². The highest BCUT2D eigenvalue weighted by molar-refractivity contribution is 6.31. The van der Waals surface area contributed by atoms with E-state index in [1.807, 2.05) is 6.07 Å². The molecule has 26 heavy (non-hydrogen) atoms. The number of Topliss-reactive ketones (excluding diaryl/α,β-unsaturated/α-hetero) is 1. The van der Waals surface area contributed by atoms with Crippen LogP contribution < -0.4 is 5.32 Å². The summed E-state index contributed by atoms with van der Waals surface area (Å²) in [6, 6.07) is 15.2. The van der Waals surface area contributed by atoms with Crippen molar-refractivity contribution in [2.75, 3.05) is 7.11 Å². The van der Waals surface area contributed by atoms with Crippen molar-refractivity contribution in [1.29, 1.82) is 0 Å². The van der Waals surface area contributed by atoms with Crippen molar-refractivity contribution in [2.24, 2.45) is 0 Å². The number of carbonyl (C=O) groups is 3. The zero-order valence-electron chi connectivity index (χ0n) is 14.4. The summed E-state index contributed by atoms with van der Waals surface area (Å²) >= 11 is 6.18. The van der Waals surface area contributed by atoms with E-state index >= 15 is 0 Å². The Morgan fingerprint density at radius 3 is 2.31 bits per heavy atom. The first kappa shape index (κ1) is 19.7. The van der Waals surface area contributed by atoms with E-state index in [0.29, 0.717) is 16.1 Å². The zero-order chi connectivity index (χ0) is 18.9. The molecule has 0 heterocycles. The lowest BCUT2D eigenvalue weighted by atomic mass is 10.0. The Kier molecular flexibility index (Phi) is 7.36. The molecular formula is C20H20ClNO4. The van der Waals surface area contributed by atoms with Crippen LogP contribution in [-0.2, 0) is 14.3 Å². The molecule has 6 heteroatoms. The minimum absolute atomic E-state index is 0.0237. The van der Waals surface area contributed by atoms with Crippen LogP contribution in [0.4, 0.5) is 0 Å². The van der Waals surface area contributed by atoms with Crippen molar-refractivity contribution in [1.82, 2.24) is 5.32 Å². The maximum atomic E-state index is 12.3. The van der Waals surface area contributed by atoms with Crippen molar-refractivity contribution < 1.29 is 19.1 Å². The number of rotatable bonds is 8. The largest absolute Gasteiger partial charge is 0.469 e. The van der Waals surface area contributed by atoms with Crippen LogP contribution in [0.3, 0.4) is 0 Å². The number of benzene rings is 2. The number of ketones is 1. The number of hydrogen-bond donors (Lipinski definition) is 1. The molecule has 0 aliphatic rings. The third-order valence-electron chi connectivity index (χ3n) is 3.89.